The van der Waals surface area contributed by atoms with E-state index in [1.807, 2.05) is 35.9 Å². The monoisotopic (exact) mass is 376 g/mol. The number of aryl methyl sites for hydroxylation is 1. The molecule has 0 bridgehead atoms. The number of hydrogen-bond donors (Lipinski definition) is 1. The van der Waals surface area contributed by atoms with Gasteiger partial charge in [0.05, 0.1) is 5.56 Å². The Morgan fingerprint density at radius 3 is 2.46 bits per heavy atom. The highest BCUT2D eigenvalue weighted by Crippen LogP contribution is 2.28. The molecule has 6 nitrogen and oxygen atoms in total. The third kappa shape index (κ3) is 3.82. The van der Waals surface area contributed by atoms with Gasteiger partial charge in [0.2, 0.25) is 0 Å². The molecule has 4 rings (SSSR count). The predicted octanol–water partition coefficient (Wildman–Crippen LogP) is 3.56. The van der Waals surface area contributed by atoms with Crippen LogP contribution in [0, 0.1) is 0 Å². The highest BCUT2D eigenvalue weighted by atomic mass is 16.4. The third-order valence-corrected chi connectivity index (χ3v) is 5.53. The van der Waals surface area contributed by atoms with Crippen LogP contribution in [-0.2, 0) is 13.6 Å². The zero-order valence-electron chi connectivity index (χ0n) is 16.0. The Labute approximate surface area is 164 Å². The fraction of sp³-hybridized carbons (Fsp3) is 0.318. The minimum Gasteiger partial charge on any atom is -0.478 e. The normalized spacial score (nSPS) is 15.6. The van der Waals surface area contributed by atoms with Crippen LogP contribution < -0.4 is 0 Å². The maximum absolute atomic E-state index is 11.4. The molecule has 1 N–H and O–H groups in total. The van der Waals surface area contributed by atoms with Crippen LogP contribution in [0.4, 0.5) is 0 Å². The fourth-order valence-corrected chi connectivity index (χ4v) is 3.98. The number of benzene rings is 2. The van der Waals surface area contributed by atoms with Crippen LogP contribution in [0.3, 0.4) is 0 Å². The summed E-state index contributed by atoms with van der Waals surface area (Å²) in [7, 11) is 2.01. The average molecular weight is 376 g/mol. The first-order valence-electron chi connectivity index (χ1n) is 9.59. The summed E-state index contributed by atoms with van der Waals surface area (Å²) in [4.78, 5) is 13.9. The largest absolute Gasteiger partial charge is 0.478 e. The Balaban J connectivity index is 1.39. The van der Waals surface area contributed by atoms with Gasteiger partial charge < -0.3 is 9.67 Å². The van der Waals surface area contributed by atoms with Crippen LogP contribution in [0.15, 0.2) is 54.9 Å². The Kier molecular flexibility index (Phi) is 5.21. The number of piperidine rings is 1. The van der Waals surface area contributed by atoms with E-state index < -0.39 is 5.97 Å². The number of carbonyl (C=O) groups is 1. The van der Waals surface area contributed by atoms with E-state index in [1.54, 1.807) is 18.5 Å². The molecule has 1 aromatic heterocycles. The van der Waals surface area contributed by atoms with Crippen LogP contribution in [0.1, 0.15) is 40.5 Å². The molecule has 1 aliphatic rings. The van der Waals surface area contributed by atoms with Gasteiger partial charge in [-0.3, -0.25) is 4.90 Å². The molecule has 0 unspecified atom stereocenters. The molecule has 1 fully saturated rings. The van der Waals surface area contributed by atoms with Gasteiger partial charge in [-0.05, 0) is 48.7 Å². The van der Waals surface area contributed by atoms with Crippen molar-refractivity contribution in [1.82, 2.24) is 19.7 Å². The Morgan fingerprint density at radius 2 is 1.82 bits per heavy atom. The molecular weight excluding hydrogens is 352 g/mol. The second kappa shape index (κ2) is 7.94. The van der Waals surface area contributed by atoms with Crippen molar-refractivity contribution in [2.45, 2.75) is 25.3 Å². The zero-order chi connectivity index (χ0) is 19.5. The van der Waals surface area contributed by atoms with Crippen molar-refractivity contribution in [3.63, 3.8) is 0 Å². The number of hydrogen-bond acceptors (Lipinski definition) is 4. The molecule has 2 aromatic carbocycles. The second-order valence-corrected chi connectivity index (χ2v) is 7.40. The quantitative estimate of drug-likeness (QED) is 0.737. The van der Waals surface area contributed by atoms with E-state index in [2.05, 4.69) is 27.2 Å². The van der Waals surface area contributed by atoms with Crippen molar-refractivity contribution in [2.24, 2.45) is 7.05 Å². The number of rotatable bonds is 5. The molecule has 2 heterocycles. The molecule has 1 saturated heterocycles. The highest BCUT2D eigenvalue weighted by Gasteiger charge is 2.23. The number of likely N-dealkylation sites (tertiary alicyclic amines) is 1. The van der Waals surface area contributed by atoms with E-state index in [4.69, 9.17) is 0 Å². The summed E-state index contributed by atoms with van der Waals surface area (Å²) in [6, 6.07) is 15.4. The molecule has 6 heteroatoms. The molecule has 28 heavy (non-hydrogen) atoms. The predicted molar refractivity (Wildman–Crippen MR) is 107 cm³/mol. The van der Waals surface area contributed by atoms with Gasteiger partial charge in [0.25, 0.3) is 0 Å². The number of aromatic nitrogens is 3. The van der Waals surface area contributed by atoms with Crippen LogP contribution in [0.2, 0.25) is 0 Å². The van der Waals surface area contributed by atoms with Gasteiger partial charge in [0.15, 0.2) is 0 Å². The fourth-order valence-electron chi connectivity index (χ4n) is 3.98. The molecule has 144 valence electrons. The van der Waals surface area contributed by atoms with E-state index in [1.165, 1.54) is 5.56 Å². The van der Waals surface area contributed by atoms with E-state index in [0.29, 0.717) is 11.5 Å². The van der Waals surface area contributed by atoms with E-state index in [0.717, 1.165) is 49.4 Å². The lowest BCUT2D eigenvalue weighted by atomic mass is 9.95. The average Bonchev–Trinajstić information content (AvgIpc) is 3.15. The second-order valence-electron chi connectivity index (χ2n) is 7.40. The van der Waals surface area contributed by atoms with Crippen molar-refractivity contribution < 1.29 is 9.90 Å². The summed E-state index contributed by atoms with van der Waals surface area (Å²) in [6.07, 6.45) is 3.96. The van der Waals surface area contributed by atoms with Gasteiger partial charge in [0.1, 0.15) is 12.2 Å². The molecule has 0 aliphatic carbocycles. The summed E-state index contributed by atoms with van der Waals surface area (Å²) in [5.74, 6) is 0.671. The molecule has 0 spiro atoms. The van der Waals surface area contributed by atoms with Gasteiger partial charge in [-0.2, -0.15) is 0 Å². The minimum atomic E-state index is -0.898. The molecule has 0 amide bonds. The van der Waals surface area contributed by atoms with Gasteiger partial charge in [0, 0.05) is 19.5 Å². The minimum absolute atomic E-state index is 0.334. The molecule has 3 aromatic rings. The van der Waals surface area contributed by atoms with Gasteiger partial charge >= 0.3 is 5.97 Å². The van der Waals surface area contributed by atoms with Crippen molar-refractivity contribution in [3.05, 3.63) is 71.8 Å². The van der Waals surface area contributed by atoms with Gasteiger partial charge in [-0.25, -0.2) is 4.79 Å². The molecular formula is C22H24N4O2. The first kappa shape index (κ1) is 18.4. The van der Waals surface area contributed by atoms with Crippen molar-refractivity contribution in [1.29, 1.82) is 0 Å². The van der Waals surface area contributed by atoms with E-state index in [9.17, 15) is 9.90 Å². The van der Waals surface area contributed by atoms with Crippen molar-refractivity contribution in [3.8, 4) is 11.1 Å². The first-order valence-corrected chi connectivity index (χ1v) is 9.59. The first-order chi connectivity index (χ1) is 13.6. The van der Waals surface area contributed by atoms with Gasteiger partial charge in [-0.1, -0.05) is 42.5 Å². The van der Waals surface area contributed by atoms with Crippen LogP contribution >= 0.6 is 0 Å². The van der Waals surface area contributed by atoms with Gasteiger partial charge in [-0.15, -0.1) is 10.2 Å². The van der Waals surface area contributed by atoms with Crippen molar-refractivity contribution in [2.75, 3.05) is 13.1 Å². The Hall–Kier alpha value is -2.99. The SMILES string of the molecule is Cn1cnnc1C1CCN(Cc2ccc(-c3ccccc3C(=O)O)cc2)CC1. The zero-order valence-corrected chi connectivity index (χ0v) is 16.0. The summed E-state index contributed by atoms with van der Waals surface area (Å²) in [6.45, 7) is 2.99. The summed E-state index contributed by atoms with van der Waals surface area (Å²) < 4.78 is 2.02. The Bertz CT molecular complexity index is 957. The maximum atomic E-state index is 11.4. The summed E-state index contributed by atoms with van der Waals surface area (Å²) in [5.41, 5.74) is 3.27. The lowest BCUT2D eigenvalue weighted by molar-refractivity contribution is 0.0697. The van der Waals surface area contributed by atoms with E-state index in [-0.39, 0.29) is 0 Å². The highest BCUT2D eigenvalue weighted by molar-refractivity contribution is 5.95. The Morgan fingerprint density at radius 1 is 1.11 bits per heavy atom. The third-order valence-electron chi connectivity index (χ3n) is 5.53. The molecule has 0 atom stereocenters. The number of carboxylic acids is 1. The van der Waals surface area contributed by atoms with Crippen LogP contribution in [0.25, 0.3) is 11.1 Å². The lowest BCUT2D eigenvalue weighted by Gasteiger charge is -2.31. The summed E-state index contributed by atoms with van der Waals surface area (Å²) >= 11 is 0. The van der Waals surface area contributed by atoms with Crippen molar-refractivity contribution >= 4 is 5.97 Å². The molecule has 1 aliphatic heterocycles. The molecule has 0 saturated carbocycles. The van der Waals surface area contributed by atoms with Crippen LogP contribution in [0.5, 0.6) is 0 Å². The van der Waals surface area contributed by atoms with E-state index >= 15 is 0 Å². The lowest BCUT2D eigenvalue weighted by Crippen LogP contribution is -2.33. The summed E-state index contributed by atoms with van der Waals surface area (Å²) in [5, 5.41) is 17.6. The standard InChI is InChI=1S/C22H24N4O2/c1-25-15-23-24-21(25)18-10-12-26(13-11-18)14-16-6-8-17(9-7-16)19-4-2-3-5-20(19)22(27)28/h2-9,15,18H,10-14H2,1H3,(H,27,28). The topological polar surface area (TPSA) is 71.2 Å². The van der Waals surface area contributed by atoms with Crippen LogP contribution in [-0.4, -0.2) is 43.8 Å². The smallest absolute Gasteiger partial charge is 0.336 e. The maximum Gasteiger partial charge on any atom is 0.336 e. The molecule has 0 radical (unpaired) electrons. The number of carboxylic acid groups (broad SMARTS) is 1. The number of nitrogens with zero attached hydrogens (tertiary/aromatic N) is 4. The number of aromatic carboxylic acids is 1.